The molecule has 1 fully saturated rings. The van der Waals surface area contributed by atoms with Crippen LogP contribution in [0, 0.1) is 5.41 Å². The van der Waals surface area contributed by atoms with Crippen LogP contribution in [0.4, 0.5) is 11.5 Å². The number of anilines is 2. The van der Waals surface area contributed by atoms with E-state index in [1.54, 1.807) is 13.3 Å². The molecule has 0 amide bonds. The van der Waals surface area contributed by atoms with Crippen molar-refractivity contribution >= 4 is 11.5 Å². The first kappa shape index (κ1) is 12.0. The van der Waals surface area contributed by atoms with Crippen LogP contribution in [0.2, 0.25) is 0 Å². The predicted molar refractivity (Wildman–Crippen MR) is 70.4 cm³/mol. The van der Waals surface area contributed by atoms with Crippen LogP contribution in [0.1, 0.15) is 26.7 Å². The zero-order chi connectivity index (χ0) is 12.5. The van der Waals surface area contributed by atoms with Crippen LogP contribution in [0.5, 0.6) is 5.75 Å². The summed E-state index contributed by atoms with van der Waals surface area (Å²) in [6.45, 7) is 6.69. The Morgan fingerprint density at radius 3 is 2.59 bits per heavy atom. The van der Waals surface area contributed by atoms with Crippen molar-refractivity contribution in [1.82, 2.24) is 4.98 Å². The second-order valence-corrected chi connectivity index (χ2v) is 5.45. The van der Waals surface area contributed by atoms with Gasteiger partial charge in [-0.1, -0.05) is 13.8 Å². The lowest BCUT2D eigenvalue weighted by molar-refractivity contribution is 0.277. The maximum atomic E-state index is 5.71. The van der Waals surface area contributed by atoms with Gasteiger partial charge in [-0.05, 0) is 18.3 Å². The van der Waals surface area contributed by atoms with Crippen LogP contribution in [0.3, 0.4) is 0 Å². The third-order valence-electron chi connectivity index (χ3n) is 3.49. The summed E-state index contributed by atoms with van der Waals surface area (Å²) in [6.07, 6.45) is 4.06. The van der Waals surface area contributed by atoms with E-state index in [9.17, 15) is 0 Å². The van der Waals surface area contributed by atoms with E-state index in [1.807, 2.05) is 6.07 Å². The molecule has 2 N–H and O–H groups in total. The smallest absolute Gasteiger partial charge is 0.171 e. The Balaban J connectivity index is 2.18. The van der Waals surface area contributed by atoms with Gasteiger partial charge in [-0.2, -0.15) is 0 Å². The average Bonchev–Trinajstić information content (AvgIpc) is 2.29. The summed E-state index contributed by atoms with van der Waals surface area (Å²) in [4.78, 5) is 6.68. The summed E-state index contributed by atoms with van der Waals surface area (Å²) in [5, 5.41) is 0. The molecule has 94 valence electrons. The second kappa shape index (κ2) is 4.43. The van der Waals surface area contributed by atoms with E-state index >= 15 is 0 Å². The van der Waals surface area contributed by atoms with Crippen LogP contribution in [-0.4, -0.2) is 25.2 Å². The molecule has 0 radical (unpaired) electrons. The monoisotopic (exact) mass is 235 g/mol. The highest BCUT2D eigenvalue weighted by Crippen LogP contribution is 2.35. The number of pyridine rings is 1. The molecule has 0 unspecified atom stereocenters. The van der Waals surface area contributed by atoms with E-state index in [4.69, 9.17) is 10.5 Å². The standard InChI is InChI=1S/C13H21N3O/c1-13(2)4-6-16(7-5-13)12-11(17-3)8-10(14)9-15-12/h8-9H,4-7,14H2,1-3H3. The summed E-state index contributed by atoms with van der Waals surface area (Å²) in [6, 6.07) is 1.84. The van der Waals surface area contributed by atoms with E-state index in [2.05, 4.69) is 23.7 Å². The molecule has 1 saturated heterocycles. The van der Waals surface area contributed by atoms with Crippen LogP contribution < -0.4 is 15.4 Å². The minimum atomic E-state index is 0.442. The second-order valence-electron chi connectivity index (χ2n) is 5.45. The highest BCUT2D eigenvalue weighted by atomic mass is 16.5. The predicted octanol–water partition coefficient (Wildman–Crippen LogP) is 2.30. The molecule has 0 spiro atoms. The van der Waals surface area contributed by atoms with Gasteiger partial charge in [-0.3, -0.25) is 0 Å². The molecule has 1 aromatic rings. The Bertz CT molecular complexity index is 394. The number of aromatic nitrogens is 1. The van der Waals surface area contributed by atoms with Crippen molar-refractivity contribution in [3.05, 3.63) is 12.3 Å². The van der Waals surface area contributed by atoms with E-state index in [-0.39, 0.29) is 0 Å². The molecular weight excluding hydrogens is 214 g/mol. The zero-order valence-corrected chi connectivity index (χ0v) is 10.9. The lowest BCUT2D eigenvalue weighted by Gasteiger charge is -2.37. The number of nitrogens with two attached hydrogens (primary N) is 1. The van der Waals surface area contributed by atoms with Gasteiger partial charge in [0.25, 0.3) is 0 Å². The average molecular weight is 235 g/mol. The van der Waals surface area contributed by atoms with Crippen LogP contribution in [-0.2, 0) is 0 Å². The van der Waals surface area contributed by atoms with Gasteiger partial charge in [0.1, 0.15) is 0 Å². The van der Waals surface area contributed by atoms with E-state index in [0.717, 1.165) is 24.7 Å². The Morgan fingerprint density at radius 1 is 1.35 bits per heavy atom. The van der Waals surface area contributed by atoms with Crippen molar-refractivity contribution in [1.29, 1.82) is 0 Å². The summed E-state index contributed by atoms with van der Waals surface area (Å²) < 4.78 is 5.35. The van der Waals surface area contributed by atoms with Gasteiger partial charge in [0.2, 0.25) is 0 Å². The van der Waals surface area contributed by atoms with E-state index in [0.29, 0.717) is 11.1 Å². The topological polar surface area (TPSA) is 51.4 Å². The minimum Gasteiger partial charge on any atom is -0.493 e. The quantitative estimate of drug-likeness (QED) is 0.854. The van der Waals surface area contributed by atoms with E-state index in [1.165, 1.54) is 12.8 Å². The number of nitrogens with zero attached hydrogens (tertiary/aromatic N) is 2. The molecule has 1 aliphatic heterocycles. The van der Waals surface area contributed by atoms with Gasteiger partial charge in [0, 0.05) is 19.2 Å². The highest BCUT2D eigenvalue weighted by Gasteiger charge is 2.27. The lowest BCUT2D eigenvalue weighted by Crippen LogP contribution is -2.37. The molecule has 4 heteroatoms. The van der Waals surface area contributed by atoms with Crippen LogP contribution >= 0.6 is 0 Å². The Morgan fingerprint density at radius 2 is 2.00 bits per heavy atom. The zero-order valence-electron chi connectivity index (χ0n) is 10.9. The van der Waals surface area contributed by atoms with Gasteiger partial charge >= 0.3 is 0 Å². The molecule has 17 heavy (non-hydrogen) atoms. The molecule has 4 nitrogen and oxygen atoms in total. The molecule has 1 aliphatic rings. The Kier molecular flexibility index (Phi) is 3.13. The van der Waals surface area contributed by atoms with Crippen molar-refractivity contribution in [3.8, 4) is 5.75 Å². The number of ether oxygens (including phenoxy) is 1. The number of piperidine rings is 1. The van der Waals surface area contributed by atoms with E-state index < -0.39 is 0 Å². The molecule has 0 saturated carbocycles. The van der Waals surface area contributed by atoms with Crippen molar-refractivity contribution in [3.63, 3.8) is 0 Å². The Hall–Kier alpha value is -1.45. The third-order valence-corrected chi connectivity index (χ3v) is 3.49. The fraction of sp³-hybridized carbons (Fsp3) is 0.615. The fourth-order valence-electron chi connectivity index (χ4n) is 2.16. The lowest BCUT2D eigenvalue weighted by atomic mass is 9.83. The molecule has 1 aromatic heterocycles. The van der Waals surface area contributed by atoms with Crippen LogP contribution in [0.25, 0.3) is 0 Å². The Labute approximate surface area is 103 Å². The molecule has 0 bridgehead atoms. The van der Waals surface area contributed by atoms with Crippen LogP contribution in [0.15, 0.2) is 12.3 Å². The first-order chi connectivity index (χ1) is 8.02. The first-order valence-electron chi connectivity index (χ1n) is 6.06. The number of hydrogen-bond donors (Lipinski definition) is 1. The highest BCUT2D eigenvalue weighted by molar-refractivity contribution is 5.58. The number of methoxy groups -OCH3 is 1. The molecule has 0 aliphatic carbocycles. The number of hydrogen-bond acceptors (Lipinski definition) is 4. The summed E-state index contributed by atoms with van der Waals surface area (Å²) >= 11 is 0. The normalized spacial score (nSPS) is 19.1. The van der Waals surface area contributed by atoms with Gasteiger partial charge in [-0.15, -0.1) is 0 Å². The first-order valence-corrected chi connectivity index (χ1v) is 6.06. The summed E-state index contributed by atoms with van der Waals surface area (Å²) in [5.41, 5.74) is 6.80. The fourth-order valence-corrected chi connectivity index (χ4v) is 2.16. The largest absolute Gasteiger partial charge is 0.493 e. The van der Waals surface area contributed by atoms with Gasteiger partial charge < -0.3 is 15.4 Å². The maximum absolute atomic E-state index is 5.71. The molecule has 0 aromatic carbocycles. The number of nitrogen functional groups attached to an aromatic ring is 1. The van der Waals surface area contributed by atoms with Crippen molar-refractivity contribution in [2.24, 2.45) is 5.41 Å². The maximum Gasteiger partial charge on any atom is 0.171 e. The molecular formula is C13H21N3O. The minimum absolute atomic E-state index is 0.442. The molecule has 0 atom stereocenters. The van der Waals surface area contributed by atoms with Gasteiger partial charge in [-0.25, -0.2) is 4.98 Å². The summed E-state index contributed by atoms with van der Waals surface area (Å²) in [5.74, 6) is 1.68. The van der Waals surface area contributed by atoms with Crippen molar-refractivity contribution in [2.45, 2.75) is 26.7 Å². The van der Waals surface area contributed by atoms with Crippen molar-refractivity contribution in [2.75, 3.05) is 30.8 Å². The number of rotatable bonds is 2. The summed E-state index contributed by atoms with van der Waals surface area (Å²) in [7, 11) is 1.66. The van der Waals surface area contributed by atoms with Gasteiger partial charge in [0.05, 0.1) is 19.0 Å². The van der Waals surface area contributed by atoms with Crippen molar-refractivity contribution < 1.29 is 4.74 Å². The SMILES string of the molecule is COc1cc(N)cnc1N1CCC(C)(C)CC1. The molecule has 2 heterocycles. The van der Waals surface area contributed by atoms with Gasteiger partial charge in [0.15, 0.2) is 11.6 Å². The molecule has 2 rings (SSSR count). The third kappa shape index (κ3) is 2.62.